The third-order valence-corrected chi connectivity index (χ3v) is 6.59. The molecule has 2 atom stereocenters. The number of ether oxygens (including phenoxy) is 1. The van der Waals surface area contributed by atoms with E-state index in [0.29, 0.717) is 34.1 Å². The van der Waals surface area contributed by atoms with Gasteiger partial charge in [0.15, 0.2) is 0 Å². The monoisotopic (exact) mass is 478 g/mol. The summed E-state index contributed by atoms with van der Waals surface area (Å²) in [6.45, 7) is 0.247. The van der Waals surface area contributed by atoms with E-state index in [9.17, 15) is 14.4 Å². The van der Waals surface area contributed by atoms with E-state index in [1.54, 1.807) is 67.4 Å². The standard InChI is InChI=1S/C25H23ClN4O4/c1-29-9-3-4-20(29)23(31)27-16-12-21-24(32)28-19-7-5-14(10-18(19)25(33)30(21)13-16)17-11-15(26)6-8-22(17)34-2/h3-11,16,21H,12-13H2,1-2H3,(H,27,31)(H,28,32)/t16-,21-/m0/s1. The van der Waals surface area contributed by atoms with Crippen molar-refractivity contribution in [3.63, 3.8) is 0 Å². The van der Waals surface area contributed by atoms with Gasteiger partial charge < -0.3 is 24.8 Å². The first-order valence-electron chi connectivity index (χ1n) is 10.9. The van der Waals surface area contributed by atoms with Gasteiger partial charge in [-0.1, -0.05) is 17.7 Å². The highest BCUT2D eigenvalue weighted by Crippen LogP contribution is 2.36. The van der Waals surface area contributed by atoms with Gasteiger partial charge in [-0.25, -0.2) is 0 Å². The van der Waals surface area contributed by atoms with Gasteiger partial charge in [-0.2, -0.15) is 0 Å². The second-order valence-corrected chi connectivity index (χ2v) is 8.91. The summed E-state index contributed by atoms with van der Waals surface area (Å²) < 4.78 is 7.19. The number of rotatable bonds is 4. The predicted octanol–water partition coefficient (Wildman–Crippen LogP) is 3.32. The van der Waals surface area contributed by atoms with Crippen LogP contribution in [-0.2, 0) is 11.8 Å². The summed E-state index contributed by atoms with van der Waals surface area (Å²) in [6.07, 6.45) is 2.13. The maximum absolute atomic E-state index is 13.5. The molecule has 1 aromatic heterocycles. The van der Waals surface area contributed by atoms with Crippen LogP contribution >= 0.6 is 11.6 Å². The molecule has 0 bridgehead atoms. The molecule has 34 heavy (non-hydrogen) atoms. The topological polar surface area (TPSA) is 92.7 Å². The van der Waals surface area contributed by atoms with Crippen molar-refractivity contribution in [1.82, 2.24) is 14.8 Å². The molecule has 174 valence electrons. The number of amides is 3. The lowest BCUT2D eigenvalue weighted by Gasteiger charge is -2.20. The summed E-state index contributed by atoms with van der Waals surface area (Å²) in [6, 6.07) is 13.1. The molecule has 3 amide bonds. The second kappa shape index (κ2) is 8.53. The van der Waals surface area contributed by atoms with E-state index in [1.807, 2.05) is 6.07 Å². The number of halogens is 1. The average Bonchev–Trinajstić information content (AvgIpc) is 3.43. The van der Waals surface area contributed by atoms with E-state index in [1.165, 1.54) is 4.90 Å². The second-order valence-electron chi connectivity index (χ2n) is 8.48. The zero-order chi connectivity index (χ0) is 24.0. The van der Waals surface area contributed by atoms with Gasteiger partial charge in [-0.05, 0) is 54.4 Å². The van der Waals surface area contributed by atoms with E-state index < -0.39 is 6.04 Å². The van der Waals surface area contributed by atoms with Crippen LogP contribution in [-0.4, -0.2) is 52.9 Å². The molecule has 8 nitrogen and oxygen atoms in total. The number of hydrogen-bond donors (Lipinski definition) is 2. The molecule has 3 aromatic rings. The fourth-order valence-corrected chi connectivity index (χ4v) is 4.82. The number of aromatic nitrogens is 1. The van der Waals surface area contributed by atoms with Crippen molar-refractivity contribution in [3.8, 4) is 16.9 Å². The van der Waals surface area contributed by atoms with Crippen molar-refractivity contribution in [2.24, 2.45) is 7.05 Å². The number of hydrogen-bond acceptors (Lipinski definition) is 4. The summed E-state index contributed by atoms with van der Waals surface area (Å²) in [5, 5.41) is 6.38. The summed E-state index contributed by atoms with van der Waals surface area (Å²) in [5.41, 5.74) is 2.84. The number of nitrogens with zero attached hydrogens (tertiary/aromatic N) is 2. The van der Waals surface area contributed by atoms with Crippen molar-refractivity contribution in [2.45, 2.75) is 18.5 Å². The average molecular weight is 479 g/mol. The minimum atomic E-state index is -0.664. The largest absolute Gasteiger partial charge is 0.496 e. The van der Waals surface area contributed by atoms with E-state index >= 15 is 0 Å². The number of anilines is 1. The highest BCUT2D eigenvalue weighted by atomic mass is 35.5. The Morgan fingerprint density at radius 2 is 1.97 bits per heavy atom. The van der Waals surface area contributed by atoms with E-state index in [0.717, 1.165) is 11.1 Å². The Bertz CT molecular complexity index is 1320. The molecule has 0 aliphatic carbocycles. The first kappa shape index (κ1) is 22.0. The number of carbonyl (C=O) groups excluding carboxylic acids is 3. The number of fused-ring (bicyclic) bond motifs is 2. The van der Waals surface area contributed by atoms with Crippen molar-refractivity contribution < 1.29 is 19.1 Å². The van der Waals surface area contributed by atoms with Gasteiger partial charge in [0.2, 0.25) is 5.91 Å². The van der Waals surface area contributed by atoms with Crippen molar-refractivity contribution in [3.05, 3.63) is 71.0 Å². The minimum absolute atomic E-state index is 0.237. The Labute approximate surface area is 201 Å². The van der Waals surface area contributed by atoms with Crippen molar-refractivity contribution >= 4 is 35.0 Å². The molecule has 2 aliphatic heterocycles. The quantitative estimate of drug-likeness (QED) is 0.601. The fourth-order valence-electron chi connectivity index (χ4n) is 4.64. The van der Waals surface area contributed by atoms with Crippen LogP contribution in [0.1, 0.15) is 27.3 Å². The third kappa shape index (κ3) is 3.80. The maximum Gasteiger partial charge on any atom is 0.268 e. The van der Waals surface area contributed by atoms with Crippen molar-refractivity contribution in [2.75, 3.05) is 19.0 Å². The smallest absolute Gasteiger partial charge is 0.268 e. The SMILES string of the molecule is COc1ccc(Cl)cc1-c1ccc2c(c1)C(=O)N1C[C@@H](NC(=O)c3cccn3C)C[C@H]1C(=O)N2. The molecule has 5 rings (SSSR count). The Morgan fingerprint density at radius 1 is 1.15 bits per heavy atom. The lowest BCUT2D eigenvalue weighted by atomic mass is 10.00. The van der Waals surface area contributed by atoms with Crippen LogP contribution in [0, 0.1) is 0 Å². The molecular weight excluding hydrogens is 456 g/mol. The Balaban J connectivity index is 1.44. The van der Waals surface area contributed by atoms with Gasteiger partial charge in [0.05, 0.1) is 18.4 Å². The first-order chi connectivity index (χ1) is 16.4. The number of nitrogens with one attached hydrogen (secondary N) is 2. The molecule has 0 radical (unpaired) electrons. The zero-order valence-corrected chi connectivity index (χ0v) is 19.4. The molecule has 3 heterocycles. The first-order valence-corrected chi connectivity index (χ1v) is 11.3. The lowest BCUT2D eigenvalue weighted by Crippen LogP contribution is -2.41. The molecule has 2 aromatic carbocycles. The van der Waals surface area contributed by atoms with Crippen LogP contribution in [0.3, 0.4) is 0 Å². The van der Waals surface area contributed by atoms with Crippen LogP contribution in [0.5, 0.6) is 5.75 Å². The molecule has 0 unspecified atom stereocenters. The molecule has 0 spiro atoms. The van der Waals surface area contributed by atoms with Gasteiger partial charge in [0, 0.05) is 36.4 Å². The number of carbonyl (C=O) groups is 3. The molecule has 2 N–H and O–H groups in total. The van der Waals surface area contributed by atoms with Crippen LogP contribution in [0.2, 0.25) is 5.02 Å². The van der Waals surface area contributed by atoms with Gasteiger partial charge in [0.1, 0.15) is 17.5 Å². The number of aryl methyl sites for hydroxylation is 1. The van der Waals surface area contributed by atoms with Gasteiger partial charge >= 0.3 is 0 Å². The summed E-state index contributed by atoms with van der Waals surface area (Å²) in [5.74, 6) is -0.150. The summed E-state index contributed by atoms with van der Waals surface area (Å²) in [4.78, 5) is 40.7. The Hall–Kier alpha value is -3.78. The normalized spacial score (nSPS) is 19.2. The molecule has 1 fully saturated rings. The predicted molar refractivity (Wildman–Crippen MR) is 128 cm³/mol. The number of methoxy groups -OCH3 is 1. The molecule has 1 saturated heterocycles. The van der Waals surface area contributed by atoms with Gasteiger partial charge in [-0.3, -0.25) is 14.4 Å². The third-order valence-electron chi connectivity index (χ3n) is 6.36. The van der Waals surface area contributed by atoms with E-state index in [2.05, 4.69) is 10.6 Å². The molecule has 9 heteroatoms. The van der Waals surface area contributed by atoms with Crippen LogP contribution in [0.25, 0.3) is 11.1 Å². The summed E-state index contributed by atoms with van der Waals surface area (Å²) in [7, 11) is 3.36. The zero-order valence-electron chi connectivity index (χ0n) is 18.7. The lowest BCUT2D eigenvalue weighted by molar-refractivity contribution is -0.119. The van der Waals surface area contributed by atoms with E-state index in [-0.39, 0.29) is 30.3 Å². The van der Waals surface area contributed by atoms with Crippen LogP contribution < -0.4 is 15.4 Å². The highest BCUT2D eigenvalue weighted by molar-refractivity contribution is 6.31. The molecule has 2 aliphatic rings. The van der Waals surface area contributed by atoms with Gasteiger partial charge in [0.25, 0.3) is 11.8 Å². The van der Waals surface area contributed by atoms with Crippen molar-refractivity contribution in [1.29, 1.82) is 0 Å². The minimum Gasteiger partial charge on any atom is -0.496 e. The van der Waals surface area contributed by atoms with Crippen LogP contribution in [0.15, 0.2) is 54.7 Å². The highest BCUT2D eigenvalue weighted by Gasteiger charge is 2.43. The fraction of sp³-hybridized carbons (Fsp3) is 0.240. The molecule has 0 saturated carbocycles. The summed E-state index contributed by atoms with van der Waals surface area (Å²) >= 11 is 6.19. The number of benzene rings is 2. The molecular formula is C25H23ClN4O4. The maximum atomic E-state index is 13.5. The Morgan fingerprint density at radius 3 is 2.71 bits per heavy atom. The van der Waals surface area contributed by atoms with Crippen LogP contribution in [0.4, 0.5) is 5.69 Å². The van der Waals surface area contributed by atoms with E-state index in [4.69, 9.17) is 16.3 Å². The van der Waals surface area contributed by atoms with Gasteiger partial charge in [-0.15, -0.1) is 0 Å². The Kier molecular flexibility index (Phi) is 5.53.